The van der Waals surface area contributed by atoms with Gasteiger partial charge in [0.2, 0.25) is 0 Å². The highest BCUT2D eigenvalue weighted by molar-refractivity contribution is 5.87. The molecule has 0 spiro atoms. The lowest BCUT2D eigenvalue weighted by Crippen LogP contribution is -2.35. The molecule has 5 rings (SSSR count). The van der Waals surface area contributed by atoms with Gasteiger partial charge in [-0.1, -0.05) is 6.07 Å². The van der Waals surface area contributed by atoms with E-state index in [0.717, 1.165) is 54.0 Å². The van der Waals surface area contributed by atoms with E-state index in [1.54, 1.807) is 0 Å². The van der Waals surface area contributed by atoms with Crippen molar-refractivity contribution in [1.29, 1.82) is 0 Å². The Morgan fingerprint density at radius 2 is 1.90 bits per heavy atom. The van der Waals surface area contributed by atoms with Crippen LogP contribution in [0.4, 0.5) is 5.69 Å². The zero-order chi connectivity index (χ0) is 20.1. The van der Waals surface area contributed by atoms with Crippen molar-refractivity contribution < 1.29 is 9.52 Å². The van der Waals surface area contributed by atoms with Gasteiger partial charge in [0.15, 0.2) is 11.4 Å². The van der Waals surface area contributed by atoms with Crippen LogP contribution in [0.3, 0.4) is 0 Å². The maximum atomic E-state index is 12.7. The highest BCUT2D eigenvalue weighted by Crippen LogP contribution is 2.27. The van der Waals surface area contributed by atoms with Crippen molar-refractivity contribution in [3.8, 4) is 11.5 Å². The number of imidazole rings is 1. The molecule has 4 aromatic rings. The van der Waals surface area contributed by atoms with E-state index in [-0.39, 0.29) is 11.7 Å². The van der Waals surface area contributed by atoms with Gasteiger partial charge in [-0.2, -0.15) is 0 Å². The molecule has 0 bridgehead atoms. The number of aryl methyl sites for hydroxylation is 2. The first kappa shape index (κ1) is 17.9. The first-order valence-electron chi connectivity index (χ1n) is 9.82. The lowest BCUT2D eigenvalue weighted by molar-refractivity contribution is 0.145. The lowest BCUT2D eigenvalue weighted by atomic mass is 10.1. The average molecular weight is 390 g/mol. The first-order chi connectivity index (χ1) is 14.0. The molecule has 1 aromatic carbocycles. The number of rotatable bonds is 2. The third kappa shape index (κ3) is 3.17. The normalized spacial score (nSPS) is 15.5. The van der Waals surface area contributed by atoms with Crippen molar-refractivity contribution in [3.05, 3.63) is 58.5 Å². The second-order valence-electron chi connectivity index (χ2n) is 7.71. The van der Waals surface area contributed by atoms with Crippen LogP contribution in [0.1, 0.15) is 24.2 Å². The van der Waals surface area contributed by atoms with Crippen molar-refractivity contribution in [1.82, 2.24) is 14.4 Å². The standard InChI is InChI=1S/C22H22N4O3/c1-13-11-26-12-19(24-21(26)14(2)23-13)20-9-15-3-4-16(10-18(15)22(28)29-20)25-7-5-17(27)6-8-25/h3-4,9-12,17,27H,5-8H2,1-2H3. The summed E-state index contributed by atoms with van der Waals surface area (Å²) < 4.78 is 7.53. The summed E-state index contributed by atoms with van der Waals surface area (Å²) in [5.41, 5.74) is 3.69. The molecule has 7 nitrogen and oxygen atoms in total. The fourth-order valence-corrected chi connectivity index (χ4v) is 4.04. The Morgan fingerprint density at radius 1 is 1.10 bits per heavy atom. The molecule has 1 aliphatic heterocycles. The number of hydrogen-bond donors (Lipinski definition) is 1. The zero-order valence-electron chi connectivity index (χ0n) is 16.4. The highest BCUT2D eigenvalue weighted by Gasteiger charge is 2.18. The summed E-state index contributed by atoms with van der Waals surface area (Å²) in [7, 11) is 0. The Morgan fingerprint density at radius 3 is 2.69 bits per heavy atom. The Hall–Kier alpha value is -3.19. The van der Waals surface area contributed by atoms with Crippen LogP contribution >= 0.6 is 0 Å². The molecule has 0 unspecified atom stereocenters. The van der Waals surface area contributed by atoms with Crippen LogP contribution in [0.2, 0.25) is 0 Å². The Kier molecular flexibility index (Phi) is 4.13. The van der Waals surface area contributed by atoms with Gasteiger partial charge in [-0.15, -0.1) is 0 Å². The molecule has 0 aliphatic carbocycles. The minimum Gasteiger partial charge on any atom is -0.421 e. The van der Waals surface area contributed by atoms with Crippen LogP contribution in [0.25, 0.3) is 27.9 Å². The van der Waals surface area contributed by atoms with Crippen molar-refractivity contribution >= 4 is 22.1 Å². The van der Waals surface area contributed by atoms with Gasteiger partial charge in [0.1, 0.15) is 5.69 Å². The van der Waals surface area contributed by atoms with E-state index in [0.29, 0.717) is 16.8 Å². The molecule has 0 radical (unpaired) electrons. The summed E-state index contributed by atoms with van der Waals surface area (Å²) in [5.74, 6) is 0.442. The molecular weight excluding hydrogens is 368 g/mol. The van der Waals surface area contributed by atoms with Crippen LogP contribution in [-0.2, 0) is 0 Å². The van der Waals surface area contributed by atoms with E-state index < -0.39 is 0 Å². The molecule has 0 saturated carbocycles. The number of hydrogen-bond acceptors (Lipinski definition) is 6. The molecule has 1 aliphatic rings. The number of nitrogens with zero attached hydrogens (tertiary/aromatic N) is 4. The van der Waals surface area contributed by atoms with E-state index in [4.69, 9.17) is 4.42 Å². The molecule has 1 fully saturated rings. The molecule has 29 heavy (non-hydrogen) atoms. The number of piperidine rings is 1. The molecule has 0 amide bonds. The molecule has 7 heteroatoms. The van der Waals surface area contributed by atoms with Gasteiger partial charge >= 0.3 is 5.63 Å². The number of anilines is 1. The maximum Gasteiger partial charge on any atom is 0.344 e. The Balaban J connectivity index is 1.56. The van der Waals surface area contributed by atoms with Gasteiger partial charge in [-0.25, -0.2) is 9.78 Å². The summed E-state index contributed by atoms with van der Waals surface area (Å²) in [4.78, 5) is 24.0. The lowest BCUT2D eigenvalue weighted by Gasteiger charge is -2.31. The van der Waals surface area contributed by atoms with E-state index >= 15 is 0 Å². The van der Waals surface area contributed by atoms with Crippen molar-refractivity contribution in [3.63, 3.8) is 0 Å². The topological polar surface area (TPSA) is 83.9 Å². The Bertz CT molecular complexity index is 1280. The largest absolute Gasteiger partial charge is 0.421 e. The van der Waals surface area contributed by atoms with Crippen molar-refractivity contribution in [2.45, 2.75) is 32.8 Å². The van der Waals surface area contributed by atoms with Gasteiger partial charge in [0.05, 0.1) is 22.9 Å². The number of aliphatic hydroxyl groups excluding tert-OH is 1. The summed E-state index contributed by atoms with van der Waals surface area (Å²) >= 11 is 0. The third-order valence-electron chi connectivity index (χ3n) is 5.55. The van der Waals surface area contributed by atoms with Gasteiger partial charge in [0, 0.05) is 31.2 Å². The second-order valence-corrected chi connectivity index (χ2v) is 7.71. The van der Waals surface area contributed by atoms with Crippen LogP contribution in [0, 0.1) is 13.8 Å². The number of aromatic nitrogens is 3. The molecule has 4 heterocycles. The minimum atomic E-state index is -0.375. The maximum absolute atomic E-state index is 12.7. The highest BCUT2D eigenvalue weighted by atomic mass is 16.4. The molecule has 3 aromatic heterocycles. The monoisotopic (exact) mass is 390 g/mol. The smallest absolute Gasteiger partial charge is 0.344 e. The minimum absolute atomic E-state index is 0.229. The van der Waals surface area contributed by atoms with Crippen molar-refractivity contribution in [2.24, 2.45) is 0 Å². The molecule has 148 valence electrons. The second kappa shape index (κ2) is 6.70. The van der Waals surface area contributed by atoms with Crippen LogP contribution in [0.15, 0.2) is 45.9 Å². The fourth-order valence-electron chi connectivity index (χ4n) is 4.04. The van der Waals surface area contributed by atoms with Crippen LogP contribution in [-0.4, -0.2) is 38.7 Å². The van der Waals surface area contributed by atoms with E-state index in [9.17, 15) is 9.90 Å². The van der Waals surface area contributed by atoms with E-state index in [2.05, 4.69) is 14.9 Å². The molecular formula is C22H22N4O3. The number of aliphatic hydroxyl groups is 1. The predicted molar refractivity (Wildman–Crippen MR) is 111 cm³/mol. The number of fused-ring (bicyclic) bond motifs is 2. The quantitative estimate of drug-likeness (QED) is 0.566. The van der Waals surface area contributed by atoms with Crippen LogP contribution in [0.5, 0.6) is 0 Å². The van der Waals surface area contributed by atoms with E-state index in [1.807, 2.05) is 54.9 Å². The third-order valence-corrected chi connectivity index (χ3v) is 5.55. The van der Waals surface area contributed by atoms with Gasteiger partial charge < -0.3 is 18.8 Å². The fraction of sp³-hybridized carbons (Fsp3) is 0.318. The summed E-state index contributed by atoms with van der Waals surface area (Å²) in [6.45, 7) is 5.41. The Labute approximate surface area is 167 Å². The summed E-state index contributed by atoms with van der Waals surface area (Å²) in [6, 6.07) is 7.70. The predicted octanol–water partition coefficient (Wildman–Crippen LogP) is 3.08. The summed E-state index contributed by atoms with van der Waals surface area (Å²) in [6.07, 6.45) is 5.02. The van der Waals surface area contributed by atoms with Gasteiger partial charge in [-0.05, 0) is 50.3 Å². The SMILES string of the molecule is Cc1cn2cc(-c3cc4ccc(N5CCC(O)CC5)cc4c(=O)o3)nc2c(C)n1. The van der Waals surface area contributed by atoms with E-state index in [1.165, 1.54) is 0 Å². The molecule has 0 atom stereocenters. The summed E-state index contributed by atoms with van der Waals surface area (Å²) in [5, 5.41) is 11.1. The average Bonchev–Trinajstić information content (AvgIpc) is 3.13. The van der Waals surface area contributed by atoms with Crippen molar-refractivity contribution in [2.75, 3.05) is 18.0 Å². The van der Waals surface area contributed by atoms with Crippen LogP contribution < -0.4 is 10.5 Å². The van der Waals surface area contributed by atoms with Gasteiger partial charge in [0.25, 0.3) is 0 Å². The van der Waals surface area contributed by atoms with Gasteiger partial charge in [-0.3, -0.25) is 4.98 Å². The molecule has 1 saturated heterocycles. The molecule has 1 N–H and O–H groups in total. The number of benzene rings is 1. The first-order valence-corrected chi connectivity index (χ1v) is 9.82. The zero-order valence-corrected chi connectivity index (χ0v) is 16.4.